The molecule has 1 unspecified atom stereocenters. The summed E-state index contributed by atoms with van der Waals surface area (Å²) in [5.74, 6) is 0.236. The first kappa shape index (κ1) is 16.0. The molecule has 0 saturated carbocycles. The molecule has 1 saturated heterocycles. The predicted octanol–water partition coefficient (Wildman–Crippen LogP) is 0.580. The number of carbonyl (C=O) groups is 1. The van der Waals surface area contributed by atoms with E-state index >= 15 is 0 Å². The number of imidazole rings is 1. The Balaban J connectivity index is 1.88. The first-order chi connectivity index (χ1) is 10.2. The van der Waals surface area contributed by atoms with E-state index in [4.69, 9.17) is 5.73 Å². The largest absolute Gasteiger partial charge is 0.355 e. The van der Waals surface area contributed by atoms with E-state index in [0.29, 0.717) is 13.1 Å². The van der Waals surface area contributed by atoms with Crippen LogP contribution in [0.1, 0.15) is 31.9 Å². The number of aromatic nitrogens is 2. The lowest BCUT2D eigenvalue weighted by molar-refractivity contribution is -0.126. The molecule has 1 aliphatic rings. The van der Waals surface area contributed by atoms with Crippen LogP contribution in [0.3, 0.4) is 0 Å². The Bertz CT molecular complexity index is 445. The fourth-order valence-corrected chi connectivity index (χ4v) is 2.90. The summed E-state index contributed by atoms with van der Waals surface area (Å²) in [7, 11) is 0. The van der Waals surface area contributed by atoms with E-state index < -0.39 is 0 Å². The fourth-order valence-electron chi connectivity index (χ4n) is 2.90. The summed E-state index contributed by atoms with van der Waals surface area (Å²) in [5, 5.41) is 2.90. The maximum atomic E-state index is 12.1. The summed E-state index contributed by atoms with van der Waals surface area (Å²) in [6.45, 7) is 7.00. The van der Waals surface area contributed by atoms with E-state index in [-0.39, 0.29) is 11.8 Å². The highest BCUT2D eigenvalue weighted by atomic mass is 16.1. The van der Waals surface area contributed by atoms with Gasteiger partial charge in [-0.05, 0) is 25.8 Å². The molecule has 0 bridgehead atoms. The van der Waals surface area contributed by atoms with Gasteiger partial charge in [-0.2, -0.15) is 0 Å². The molecule has 6 heteroatoms. The van der Waals surface area contributed by atoms with Crippen LogP contribution in [0.15, 0.2) is 12.5 Å². The normalized spacial score (nSPS) is 19.6. The molecule has 2 rings (SSSR count). The molecule has 6 nitrogen and oxygen atoms in total. The molecule has 1 aliphatic heterocycles. The highest BCUT2D eigenvalue weighted by molar-refractivity contribution is 5.78. The van der Waals surface area contributed by atoms with Gasteiger partial charge in [-0.25, -0.2) is 4.98 Å². The molecule has 2 heterocycles. The SMILES string of the molecule is CCCn1cncc1CN1CCCC(C(=O)NCCN)C1. The maximum absolute atomic E-state index is 12.1. The van der Waals surface area contributed by atoms with Crippen molar-refractivity contribution in [3.8, 4) is 0 Å². The summed E-state index contributed by atoms with van der Waals surface area (Å²) < 4.78 is 2.21. The van der Waals surface area contributed by atoms with Gasteiger partial charge in [0.2, 0.25) is 5.91 Å². The van der Waals surface area contributed by atoms with Gasteiger partial charge in [0, 0.05) is 38.9 Å². The van der Waals surface area contributed by atoms with E-state index in [1.54, 1.807) is 0 Å². The number of hydrogen-bond acceptors (Lipinski definition) is 4. The molecule has 1 atom stereocenters. The Morgan fingerprint density at radius 1 is 1.57 bits per heavy atom. The van der Waals surface area contributed by atoms with Crippen molar-refractivity contribution in [3.05, 3.63) is 18.2 Å². The summed E-state index contributed by atoms with van der Waals surface area (Å²) in [5.41, 5.74) is 6.67. The van der Waals surface area contributed by atoms with Gasteiger partial charge in [-0.1, -0.05) is 6.92 Å². The molecule has 1 aromatic rings. The van der Waals surface area contributed by atoms with Gasteiger partial charge >= 0.3 is 0 Å². The average molecular weight is 293 g/mol. The second kappa shape index (κ2) is 8.14. The zero-order chi connectivity index (χ0) is 15.1. The van der Waals surface area contributed by atoms with Crippen LogP contribution >= 0.6 is 0 Å². The van der Waals surface area contributed by atoms with Crippen LogP contribution in [-0.4, -0.2) is 46.5 Å². The molecule has 1 aromatic heterocycles. The minimum Gasteiger partial charge on any atom is -0.355 e. The Morgan fingerprint density at radius 3 is 3.19 bits per heavy atom. The number of piperidine rings is 1. The monoisotopic (exact) mass is 293 g/mol. The molecule has 0 spiro atoms. The smallest absolute Gasteiger partial charge is 0.224 e. The lowest BCUT2D eigenvalue weighted by Gasteiger charge is -2.32. The molecule has 3 N–H and O–H groups in total. The number of amides is 1. The Kier molecular flexibility index (Phi) is 6.20. The number of hydrogen-bond donors (Lipinski definition) is 2. The van der Waals surface area contributed by atoms with E-state index in [0.717, 1.165) is 45.4 Å². The number of likely N-dealkylation sites (tertiary alicyclic amines) is 1. The van der Waals surface area contributed by atoms with E-state index in [1.165, 1.54) is 5.69 Å². The Labute approximate surface area is 126 Å². The zero-order valence-electron chi connectivity index (χ0n) is 12.9. The lowest BCUT2D eigenvalue weighted by Crippen LogP contribution is -2.43. The number of aryl methyl sites for hydroxylation is 1. The highest BCUT2D eigenvalue weighted by Crippen LogP contribution is 2.18. The fraction of sp³-hybridized carbons (Fsp3) is 0.733. The third-order valence-corrected chi connectivity index (χ3v) is 3.97. The van der Waals surface area contributed by atoms with E-state index in [2.05, 4.69) is 26.7 Å². The molecular weight excluding hydrogens is 266 g/mol. The number of nitrogens with zero attached hydrogens (tertiary/aromatic N) is 3. The van der Waals surface area contributed by atoms with E-state index in [9.17, 15) is 4.79 Å². The minimum atomic E-state index is 0.0906. The van der Waals surface area contributed by atoms with Crippen LogP contribution in [0, 0.1) is 5.92 Å². The summed E-state index contributed by atoms with van der Waals surface area (Å²) in [6.07, 6.45) is 6.99. The van der Waals surface area contributed by atoms with Gasteiger partial charge in [0.15, 0.2) is 0 Å². The van der Waals surface area contributed by atoms with Crippen molar-refractivity contribution in [3.63, 3.8) is 0 Å². The Morgan fingerprint density at radius 2 is 2.43 bits per heavy atom. The molecule has 0 aromatic carbocycles. The summed E-state index contributed by atoms with van der Waals surface area (Å²) in [4.78, 5) is 18.7. The van der Waals surface area contributed by atoms with Crippen LogP contribution < -0.4 is 11.1 Å². The molecule has 0 radical (unpaired) electrons. The highest BCUT2D eigenvalue weighted by Gasteiger charge is 2.25. The first-order valence-corrected chi connectivity index (χ1v) is 7.93. The van der Waals surface area contributed by atoms with Crippen molar-refractivity contribution < 1.29 is 4.79 Å². The number of nitrogens with two attached hydrogens (primary N) is 1. The maximum Gasteiger partial charge on any atom is 0.224 e. The second-order valence-electron chi connectivity index (χ2n) is 5.73. The van der Waals surface area contributed by atoms with Gasteiger partial charge in [-0.15, -0.1) is 0 Å². The molecule has 21 heavy (non-hydrogen) atoms. The van der Waals surface area contributed by atoms with Gasteiger partial charge in [-0.3, -0.25) is 9.69 Å². The summed E-state index contributed by atoms with van der Waals surface area (Å²) in [6, 6.07) is 0. The number of nitrogens with one attached hydrogen (secondary N) is 1. The zero-order valence-corrected chi connectivity index (χ0v) is 12.9. The van der Waals surface area contributed by atoms with Crippen molar-refractivity contribution in [2.75, 3.05) is 26.2 Å². The van der Waals surface area contributed by atoms with Gasteiger partial charge < -0.3 is 15.6 Å². The lowest BCUT2D eigenvalue weighted by atomic mass is 9.97. The van der Waals surface area contributed by atoms with Gasteiger partial charge in [0.25, 0.3) is 0 Å². The van der Waals surface area contributed by atoms with Gasteiger partial charge in [0.1, 0.15) is 0 Å². The third-order valence-electron chi connectivity index (χ3n) is 3.97. The molecule has 118 valence electrons. The second-order valence-corrected chi connectivity index (χ2v) is 5.73. The van der Waals surface area contributed by atoms with Crippen molar-refractivity contribution in [2.24, 2.45) is 11.7 Å². The van der Waals surface area contributed by atoms with Crippen LogP contribution in [0.4, 0.5) is 0 Å². The van der Waals surface area contributed by atoms with Crippen molar-refractivity contribution in [2.45, 2.75) is 39.3 Å². The number of rotatable bonds is 7. The molecule has 1 amide bonds. The van der Waals surface area contributed by atoms with Crippen LogP contribution in [-0.2, 0) is 17.9 Å². The quantitative estimate of drug-likeness (QED) is 0.771. The minimum absolute atomic E-state index is 0.0906. The standard InChI is InChI=1S/C15H27N5O/c1-2-7-20-12-17-9-14(20)11-19-8-3-4-13(10-19)15(21)18-6-5-16/h9,12-13H,2-8,10-11,16H2,1H3,(H,18,21). The van der Waals surface area contributed by atoms with E-state index in [1.807, 2.05) is 12.5 Å². The van der Waals surface area contributed by atoms with Crippen molar-refractivity contribution >= 4 is 5.91 Å². The van der Waals surface area contributed by atoms with Crippen molar-refractivity contribution in [1.29, 1.82) is 0 Å². The summed E-state index contributed by atoms with van der Waals surface area (Å²) >= 11 is 0. The molecular formula is C15H27N5O. The average Bonchev–Trinajstić information content (AvgIpc) is 2.92. The first-order valence-electron chi connectivity index (χ1n) is 7.93. The van der Waals surface area contributed by atoms with Gasteiger partial charge in [0.05, 0.1) is 17.9 Å². The third kappa shape index (κ3) is 4.54. The van der Waals surface area contributed by atoms with Crippen LogP contribution in [0.2, 0.25) is 0 Å². The van der Waals surface area contributed by atoms with Crippen LogP contribution in [0.5, 0.6) is 0 Å². The van der Waals surface area contributed by atoms with Crippen LogP contribution in [0.25, 0.3) is 0 Å². The molecule has 0 aliphatic carbocycles. The Hall–Kier alpha value is -1.40. The molecule has 1 fully saturated rings. The number of carbonyl (C=O) groups excluding carboxylic acids is 1. The van der Waals surface area contributed by atoms with Crippen molar-refractivity contribution in [1.82, 2.24) is 19.8 Å². The topological polar surface area (TPSA) is 76.2 Å². The predicted molar refractivity (Wildman–Crippen MR) is 82.6 cm³/mol.